The van der Waals surface area contributed by atoms with Gasteiger partial charge < -0.3 is 5.32 Å². The number of nitrogens with zero attached hydrogens (tertiary/aromatic N) is 3. The van der Waals surface area contributed by atoms with E-state index < -0.39 is 5.91 Å². The number of rotatable bonds is 6. The molecule has 2 heterocycles. The molecule has 0 radical (unpaired) electrons. The first-order valence-electron chi connectivity index (χ1n) is 9.05. The molecule has 1 unspecified atom stereocenters. The molecule has 1 atom stereocenters. The van der Waals surface area contributed by atoms with E-state index in [1.165, 1.54) is 22.9 Å². The molecule has 1 saturated heterocycles. The molecule has 1 N–H and O–H groups in total. The van der Waals surface area contributed by atoms with Gasteiger partial charge in [-0.1, -0.05) is 17.7 Å². The second-order valence-electron chi connectivity index (χ2n) is 6.48. The highest BCUT2D eigenvalue weighted by atomic mass is 35.5. The van der Waals surface area contributed by atoms with Gasteiger partial charge in [0.1, 0.15) is 11.5 Å². The van der Waals surface area contributed by atoms with Gasteiger partial charge >= 0.3 is 0 Å². The van der Waals surface area contributed by atoms with Gasteiger partial charge in [-0.25, -0.2) is 9.07 Å². The first-order chi connectivity index (χ1) is 13.0. The van der Waals surface area contributed by atoms with Gasteiger partial charge in [-0.05, 0) is 51.1 Å². The summed E-state index contributed by atoms with van der Waals surface area (Å²) in [5.41, 5.74) is 0.284. The van der Waals surface area contributed by atoms with E-state index in [9.17, 15) is 14.0 Å². The van der Waals surface area contributed by atoms with Crippen LogP contribution in [0, 0.1) is 5.82 Å². The summed E-state index contributed by atoms with van der Waals surface area (Å²) in [7, 11) is 0. The normalized spacial score (nSPS) is 15.7. The second kappa shape index (κ2) is 8.63. The van der Waals surface area contributed by atoms with Crippen molar-refractivity contribution >= 4 is 17.5 Å². The molecule has 0 saturated carbocycles. The lowest BCUT2D eigenvalue weighted by molar-refractivity contribution is 0.0929. The number of carbonyl (C=O) groups excluding carboxylic acids is 1. The molecule has 6 nitrogen and oxygen atoms in total. The second-order valence-corrected chi connectivity index (χ2v) is 6.88. The molecule has 8 heteroatoms. The molecule has 1 aromatic carbocycles. The molecule has 1 amide bonds. The van der Waals surface area contributed by atoms with E-state index in [-0.39, 0.29) is 29.7 Å². The summed E-state index contributed by atoms with van der Waals surface area (Å²) in [5, 5.41) is 7.21. The lowest BCUT2D eigenvalue weighted by atomic mass is 10.0. The van der Waals surface area contributed by atoms with Crippen LogP contribution in [-0.2, 0) is 6.54 Å². The van der Waals surface area contributed by atoms with Crippen molar-refractivity contribution in [3.05, 3.63) is 62.8 Å². The van der Waals surface area contributed by atoms with Crippen molar-refractivity contribution in [2.24, 2.45) is 0 Å². The number of aromatic nitrogens is 2. The summed E-state index contributed by atoms with van der Waals surface area (Å²) in [5.74, 6) is -0.792. The number of aryl methyl sites for hydroxylation is 1. The van der Waals surface area contributed by atoms with Crippen molar-refractivity contribution in [3.8, 4) is 0 Å². The maximum atomic E-state index is 14.5. The molecule has 0 spiro atoms. The van der Waals surface area contributed by atoms with Crippen LogP contribution >= 0.6 is 11.6 Å². The lowest BCUT2D eigenvalue weighted by Gasteiger charge is -2.29. The standard InChI is InChI=1S/C19H22ClFN4O2/c1-2-25-17(26)9-8-15(23-25)19(27)22-12-16(24-10-3-4-11-24)18-13(20)6-5-7-14(18)21/h5-9,16H,2-4,10-12H2,1H3,(H,22,27). The lowest BCUT2D eigenvalue weighted by Crippen LogP contribution is -2.38. The Balaban J connectivity index is 1.81. The first-order valence-corrected chi connectivity index (χ1v) is 9.43. The molecule has 0 bridgehead atoms. The van der Waals surface area contributed by atoms with E-state index in [1.807, 2.05) is 0 Å². The minimum absolute atomic E-state index is 0.149. The Kier molecular flexibility index (Phi) is 6.23. The minimum atomic E-state index is -0.408. The summed E-state index contributed by atoms with van der Waals surface area (Å²) in [4.78, 5) is 26.3. The van der Waals surface area contributed by atoms with Crippen molar-refractivity contribution in [1.82, 2.24) is 20.0 Å². The van der Waals surface area contributed by atoms with E-state index in [4.69, 9.17) is 11.6 Å². The zero-order valence-electron chi connectivity index (χ0n) is 15.1. The van der Waals surface area contributed by atoms with Gasteiger partial charge in [0.15, 0.2) is 0 Å². The molecule has 0 aliphatic carbocycles. The molecule has 144 valence electrons. The SMILES string of the molecule is CCn1nc(C(=O)NCC(c2c(F)cccc2Cl)N2CCCC2)ccc1=O. The summed E-state index contributed by atoms with van der Waals surface area (Å²) < 4.78 is 15.7. The van der Waals surface area contributed by atoms with Crippen molar-refractivity contribution < 1.29 is 9.18 Å². The van der Waals surface area contributed by atoms with Crippen LogP contribution in [0.3, 0.4) is 0 Å². The molecule has 2 aromatic rings. The van der Waals surface area contributed by atoms with Crippen molar-refractivity contribution in [3.63, 3.8) is 0 Å². The highest BCUT2D eigenvalue weighted by molar-refractivity contribution is 6.31. The number of nitrogens with one attached hydrogen (secondary N) is 1. The van der Waals surface area contributed by atoms with E-state index >= 15 is 0 Å². The molecule has 1 aromatic heterocycles. The summed E-state index contributed by atoms with van der Waals surface area (Å²) in [6, 6.07) is 6.96. The van der Waals surface area contributed by atoms with Crippen molar-refractivity contribution in [2.75, 3.05) is 19.6 Å². The van der Waals surface area contributed by atoms with Gasteiger partial charge in [0.2, 0.25) is 0 Å². The Morgan fingerprint density at radius 1 is 1.30 bits per heavy atom. The summed E-state index contributed by atoms with van der Waals surface area (Å²) in [6.07, 6.45) is 2.05. The third-order valence-corrected chi connectivity index (χ3v) is 5.10. The monoisotopic (exact) mass is 392 g/mol. The maximum absolute atomic E-state index is 14.5. The van der Waals surface area contributed by atoms with Crippen LogP contribution in [0.2, 0.25) is 5.02 Å². The highest BCUT2D eigenvalue weighted by Crippen LogP contribution is 2.31. The van der Waals surface area contributed by atoms with Crippen LogP contribution in [0.4, 0.5) is 4.39 Å². The van der Waals surface area contributed by atoms with Crippen LogP contribution in [0.1, 0.15) is 41.9 Å². The average molecular weight is 393 g/mol. The Labute approximate surface area is 161 Å². The molecular formula is C19H22ClFN4O2. The average Bonchev–Trinajstić information content (AvgIpc) is 3.18. The van der Waals surface area contributed by atoms with Gasteiger partial charge in [-0.15, -0.1) is 0 Å². The number of carbonyl (C=O) groups is 1. The minimum Gasteiger partial charge on any atom is -0.349 e. The topological polar surface area (TPSA) is 67.2 Å². The predicted molar refractivity (Wildman–Crippen MR) is 101 cm³/mol. The third-order valence-electron chi connectivity index (χ3n) is 4.77. The number of benzene rings is 1. The molecule has 1 fully saturated rings. The van der Waals surface area contributed by atoms with Crippen LogP contribution in [0.25, 0.3) is 0 Å². The summed E-state index contributed by atoms with van der Waals surface area (Å²) in [6.45, 7) is 4.00. The highest BCUT2D eigenvalue weighted by Gasteiger charge is 2.28. The third kappa shape index (κ3) is 4.36. The Morgan fingerprint density at radius 3 is 2.70 bits per heavy atom. The fourth-order valence-electron chi connectivity index (χ4n) is 3.37. The van der Waals surface area contributed by atoms with Crippen molar-refractivity contribution in [1.29, 1.82) is 0 Å². The van der Waals surface area contributed by atoms with E-state index in [0.29, 0.717) is 17.1 Å². The van der Waals surface area contributed by atoms with Crippen LogP contribution in [0.5, 0.6) is 0 Å². The van der Waals surface area contributed by atoms with Gasteiger partial charge in [0.05, 0.1) is 6.04 Å². The molecule has 27 heavy (non-hydrogen) atoms. The van der Waals surface area contributed by atoms with E-state index in [0.717, 1.165) is 25.9 Å². The van der Waals surface area contributed by atoms with Gasteiger partial charge in [-0.3, -0.25) is 14.5 Å². The van der Waals surface area contributed by atoms with Crippen LogP contribution in [-0.4, -0.2) is 40.2 Å². The number of likely N-dealkylation sites (tertiary alicyclic amines) is 1. The molecule has 3 rings (SSSR count). The molecule has 1 aliphatic heterocycles. The molecule has 1 aliphatic rings. The summed E-state index contributed by atoms with van der Waals surface area (Å²) >= 11 is 6.26. The zero-order chi connectivity index (χ0) is 19.4. The van der Waals surface area contributed by atoms with Gasteiger partial charge in [0.25, 0.3) is 11.5 Å². The largest absolute Gasteiger partial charge is 0.349 e. The molecular weight excluding hydrogens is 371 g/mol. The van der Waals surface area contributed by atoms with Gasteiger partial charge in [0, 0.05) is 29.7 Å². The number of hydrogen-bond donors (Lipinski definition) is 1. The van der Waals surface area contributed by atoms with Crippen molar-refractivity contribution in [2.45, 2.75) is 32.4 Å². The number of halogens is 2. The van der Waals surface area contributed by atoms with E-state index in [1.54, 1.807) is 19.1 Å². The fraction of sp³-hybridized carbons (Fsp3) is 0.421. The Hall–Kier alpha value is -2.25. The predicted octanol–water partition coefficient (Wildman–Crippen LogP) is 2.62. The zero-order valence-corrected chi connectivity index (χ0v) is 15.9. The first kappa shape index (κ1) is 19.5. The number of hydrogen-bond acceptors (Lipinski definition) is 4. The van der Waals surface area contributed by atoms with E-state index in [2.05, 4.69) is 15.3 Å². The maximum Gasteiger partial charge on any atom is 0.271 e. The quantitative estimate of drug-likeness (QED) is 0.820. The van der Waals surface area contributed by atoms with Crippen LogP contribution < -0.4 is 10.9 Å². The fourth-order valence-corrected chi connectivity index (χ4v) is 3.66. The van der Waals surface area contributed by atoms with Crippen LogP contribution in [0.15, 0.2) is 35.1 Å². The Morgan fingerprint density at radius 2 is 2.04 bits per heavy atom. The number of amides is 1. The Bertz CT molecular complexity index is 860. The van der Waals surface area contributed by atoms with Gasteiger partial charge in [-0.2, -0.15) is 5.10 Å². The smallest absolute Gasteiger partial charge is 0.271 e.